The first kappa shape index (κ1) is 26.7. The molecule has 0 bridgehead atoms. The van der Waals surface area contributed by atoms with Gasteiger partial charge in [-0.15, -0.1) is 0 Å². The van der Waals surface area contributed by atoms with Crippen molar-refractivity contribution in [2.24, 2.45) is 0 Å². The molecule has 1 aromatic rings. The SMILES string of the molecule is CCCCCCCCCCCCCCCCCC(=O)O.CCc1ccccc1. The fourth-order valence-corrected chi connectivity index (χ4v) is 3.36. The van der Waals surface area contributed by atoms with Gasteiger partial charge in [0.15, 0.2) is 0 Å². The molecule has 0 saturated carbocycles. The zero-order valence-electron chi connectivity index (χ0n) is 18.8. The molecule has 28 heavy (non-hydrogen) atoms. The van der Waals surface area contributed by atoms with Gasteiger partial charge in [0.25, 0.3) is 0 Å². The number of carboxylic acids is 1. The van der Waals surface area contributed by atoms with Crippen LogP contribution in [-0.2, 0) is 11.2 Å². The summed E-state index contributed by atoms with van der Waals surface area (Å²) in [7, 11) is 0. The Morgan fingerprint density at radius 3 is 1.36 bits per heavy atom. The van der Waals surface area contributed by atoms with E-state index in [2.05, 4.69) is 38.1 Å². The van der Waals surface area contributed by atoms with Crippen LogP contribution in [0.25, 0.3) is 0 Å². The summed E-state index contributed by atoms with van der Waals surface area (Å²) >= 11 is 0. The van der Waals surface area contributed by atoms with E-state index < -0.39 is 5.97 Å². The van der Waals surface area contributed by atoms with Crippen molar-refractivity contribution in [3.8, 4) is 0 Å². The van der Waals surface area contributed by atoms with Crippen molar-refractivity contribution in [3.05, 3.63) is 35.9 Å². The fraction of sp³-hybridized carbons (Fsp3) is 0.731. The van der Waals surface area contributed by atoms with E-state index in [4.69, 9.17) is 5.11 Å². The Kier molecular flexibility index (Phi) is 21.0. The van der Waals surface area contributed by atoms with Crippen LogP contribution in [-0.4, -0.2) is 11.1 Å². The van der Waals surface area contributed by atoms with Gasteiger partial charge in [-0.05, 0) is 18.4 Å². The van der Waals surface area contributed by atoms with Crippen LogP contribution in [0.2, 0.25) is 0 Å². The first-order valence-corrected chi connectivity index (χ1v) is 12.0. The summed E-state index contributed by atoms with van der Waals surface area (Å²) < 4.78 is 0. The summed E-state index contributed by atoms with van der Waals surface area (Å²) in [6, 6.07) is 10.5. The Bertz CT molecular complexity index is 427. The lowest BCUT2D eigenvalue weighted by atomic mass is 10.0. The van der Waals surface area contributed by atoms with Crippen LogP contribution in [0.1, 0.15) is 122 Å². The second-order valence-electron chi connectivity index (χ2n) is 7.93. The molecule has 0 aliphatic rings. The van der Waals surface area contributed by atoms with Crippen LogP contribution in [0.4, 0.5) is 0 Å². The minimum Gasteiger partial charge on any atom is -0.481 e. The zero-order chi connectivity index (χ0) is 20.7. The number of unbranched alkanes of at least 4 members (excludes halogenated alkanes) is 14. The van der Waals surface area contributed by atoms with Gasteiger partial charge in [-0.2, -0.15) is 0 Å². The quantitative estimate of drug-likeness (QED) is 0.270. The van der Waals surface area contributed by atoms with Gasteiger partial charge in [0.2, 0.25) is 0 Å². The average molecular weight is 391 g/mol. The number of hydrogen-bond donors (Lipinski definition) is 1. The molecule has 162 valence electrons. The third-order valence-electron chi connectivity index (χ3n) is 5.25. The van der Waals surface area contributed by atoms with Crippen molar-refractivity contribution in [1.29, 1.82) is 0 Å². The van der Waals surface area contributed by atoms with Gasteiger partial charge in [0.1, 0.15) is 0 Å². The van der Waals surface area contributed by atoms with Gasteiger partial charge in [0, 0.05) is 6.42 Å². The highest BCUT2D eigenvalue weighted by atomic mass is 16.4. The number of hydrogen-bond acceptors (Lipinski definition) is 1. The van der Waals surface area contributed by atoms with Gasteiger partial charge in [0.05, 0.1) is 0 Å². The number of aryl methyl sites for hydroxylation is 1. The minimum absolute atomic E-state index is 0.345. The first-order chi connectivity index (χ1) is 13.7. The van der Waals surface area contributed by atoms with Crippen molar-refractivity contribution in [2.45, 2.75) is 123 Å². The molecule has 0 aromatic heterocycles. The van der Waals surface area contributed by atoms with Crippen LogP contribution in [0.3, 0.4) is 0 Å². The standard InChI is InChI=1S/C18H36O2.C8H10/c1-2-3-4-5-6-7-8-9-10-11-12-13-14-15-16-17-18(19)20;1-2-8-6-4-3-5-7-8/h2-17H2,1H3,(H,19,20);3-7H,2H2,1H3. The Morgan fingerprint density at radius 1 is 0.643 bits per heavy atom. The van der Waals surface area contributed by atoms with Crippen LogP contribution in [0.5, 0.6) is 0 Å². The number of rotatable bonds is 17. The monoisotopic (exact) mass is 390 g/mol. The third-order valence-corrected chi connectivity index (χ3v) is 5.25. The fourth-order valence-electron chi connectivity index (χ4n) is 3.36. The number of benzene rings is 1. The van der Waals surface area contributed by atoms with Gasteiger partial charge < -0.3 is 5.11 Å². The van der Waals surface area contributed by atoms with Crippen LogP contribution < -0.4 is 0 Å². The molecular formula is C26H46O2. The lowest BCUT2D eigenvalue weighted by Crippen LogP contribution is -1.93. The molecular weight excluding hydrogens is 344 g/mol. The topological polar surface area (TPSA) is 37.3 Å². The summed E-state index contributed by atoms with van der Waals surface area (Å²) in [5, 5.41) is 8.52. The van der Waals surface area contributed by atoms with Gasteiger partial charge in [-0.1, -0.05) is 134 Å². The van der Waals surface area contributed by atoms with Crippen molar-refractivity contribution >= 4 is 5.97 Å². The molecule has 0 radical (unpaired) electrons. The largest absolute Gasteiger partial charge is 0.481 e. The predicted molar refractivity (Wildman–Crippen MR) is 123 cm³/mol. The second kappa shape index (κ2) is 22.0. The third kappa shape index (κ3) is 21.0. The summed E-state index contributed by atoms with van der Waals surface area (Å²) in [6.45, 7) is 4.43. The predicted octanol–water partition coefficient (Wildman–Crippen LogP) is 8.58. The highest BCUT2D eigenvalue weighted by molar-refractivity contribution is 5.66. The second-order valence-corrected chi connectivity index (χ2v) is 7.93. The highest BCUT2D eigenvalue weighted by Gasteiger charge is 1.97. The van der Waals surface area contributed by atoms with Crippen molar-refractivity contribution in [2.75, 3.05) is 0 Å². The Balaban J connectivity index is 0.000000749. The van der Waals surface area contributed by atoms with Gasteiger partial charge in [-0.3, -0.25) is 4.79 Å². The Hall–Kier alpha value is -1.31. The molecule has 0 aliphatic carbocycles. The summed E-state index contributed by atoms with van der Waals surface area (Å²) in [5.74, 6) is -0.653. The van der Waals surface area contributed by atoms with E-state index in [0.717, 1.165) is 19.3 Å². The molecule has 0 saturated heterocycles. The Morgan fingerprint density at radius 2 is 1.04 bits per heavy atom. The molecule has 2 heteroatoms. The molecule has 1 N–H and O–H groups in total. The number of aliphatic carboxylic acids is 1. The number of carboxylic acid groups (broad SMARTS) is 1. The van der Waals surface area contributed by atoms with E-state index in [1.165, 1.54) is 89.0 Å². The van der Waals surface area contributed by atoms with E-state index in [0.29, 0.717) is 6.42 Å². The first-order valence-electron chi connectivity index (χ1n) is 12.0. The van der Waals surface area contributed by atoms with Crippen molar-refractivity contribution in [3.63, 3.8) is 0 Å². The van der Waals surface area contributed by atoms with Gasteiger partial charge in [-0.25, -0.2) is 0 Å². The summed E-state index contributed by atoms with van der Waals surface area (Å²) in [6.07, 6.45) is 21.3. The maximum atomic E-state index is 10.3. The van der Waals surface area contributed by atoms with Gasteiger partial charge >= 0.3 is 5.97 Å². The summed E-state index contributed by atoms with van der Waals surface area (Å²) in [4.78, 5) is 10.3. The average Bonchev–Trinajstić information content (AvgIpc) is 2.72. The molecule has 0 unspecified atom stereocenters. The molecule has 0 heterocycles. The van der Waals surface area contributed by atoms with E-state index in [1.54, 1.807) is 0 Å². The maximum absolute atomic E-state index is 10.3. The molecule has 0 atom stereocenters. The number of carbonyl (C=O) groups is 1. The van der Waals surface area contributed by atoms with Crippen LogP contribution >= 0.6 is 0 Å². The Labute approximate surface area is 175 Å². The van der Waals surface area contributed by atoms with E-state index >= 15 is 0 Å². The normalized spacial score (nSPS) is 10.4. The van der Waals surface area contributed by atoms with Crippen LogP contribution in [0.15, 0.2) is 30.3 Å². The van der Waals surface area contributed by atoms with Crippen molar-refractivity contribution < 1.29 is 9.90 Å². The van der Waals surface area contributed by atoms with E-state index in [1.807, 2.05) is 6.07 Å². The minimum atomic E-state index is -0.653. The van der Waals surface area contributed by atoms with E-state index in [9.17, 15) is 4.79 Å². The van der Waals surface area contributed by atoms with E-state index in [-0.39, 0.29) is 0 Å². The molecule has 2 nitrogen and oxygen atoms in total. The summed E-state index contributed by atoms with van der Waals surface area (Å²) in [5.41, 5.74) is 1.41. The smallest absolute Gasteiger partial charge is 0.303 e. The highest BCUT2D eigenvalue weighted by Crippen LogP contribution is 2.13. The molecule has 1 rings (SSSR count). The lowest BCUT2D eigenvalue weighted by molar-refractivity contribution is -0.137. The van der Waals surface area contributed by atoms with Crippen LogP contribution in [0, 0.1) is 0 Å². The lowest BCUT2D eigenvalue weighted by Gasteiger charge is -2.03. The molecule has 1 aromatic carbocycles. The zero-order valence-corrected chi connectivity index (χ0v) is 18.8. The van der Waals surface area contributed by atoms with Crippen molar-refractivity contribution in [1.82, 2.24) is 0 Å². The maximum Gasteiger partial charge on any atom is 0.303 e. The molecule has 0 amide bonds. The molecule has 0 fully saturated rings. The molecule has 0 aliphatic heterocycles. The molecule has 0 spiro atoms.